The van der Waals surface area contributed by atoms with Crippen molar-refractivity contribution in [1.82, 2.24) is 14.8 Å². The number of ether oxygens (including phenoxy) is 5. The number of amides is 1. The van der Waals surface area contributed by atoms with Crippen LogP contribution in [0, 0.1) is 0 Å². The topological polar surface area (TPSA) is 137 Å². The molecule has 1 fully saturated rings. The van der Waals surface area contributed by atoms with Gasteiger partial charge in [-0.2, -0.15) is 0 Å². The number of methoxy groups -OCH3 is 1. The lowest BCUT2D eigenvalue weighted by molar-refractivity contribution is -0.154. The normalized spacial score (nSPS) is 19.6. The summed E-state index contributed by atoms with van der Waals surface area (Å²) in [6.45, 7) is 1.67. The molecule has 0 radical (unpaired) electrons. The quantitative estimate of drug-likeness (QED) is 0.372. The van der Waals surface area contributed by atoms with Gasteiger partial charge in [-0.1, -0.05) is 0 Å². The summed E-state index contributed by atoms with van der Waals surface area (Å²) in [5.74, 6) is -1.23. The predicted molar refractivity (Wildman–Crippen MR) is 86.2 cm³/mol. The Balaban J connectivity index is 1.57. The largest absolute Gasteiger partial charge is 0.461 e. The van der Waals surface area contributed by atoms with E-state index >= 15 is 0 Å². The number of nitrogens with two attached hydrogens (primary N) is 1. The van der Waals surface area contributed by atoms with Crippen LogP contribution in [-0.2, 0) is 28.5 Å². The number of aromatic nitrogens is 3. The third kappa shape index (κ3) is 6.67. The molecular formula is C15H24N4O7. The second kappa shape index (κ2) is 10.8. The Kier molecular flexibility index (Phi) is 8.41. The zero-order valence-electron chi connectivity index (χ0n) is 14.7. The minimum absolute atomic E-state index is 0.0631. The molecule has 0 aliphatic carbocycles. The summed E-state index contributed by atoms with van der Waals surface area (Å²) in [4.78, 5) is 26.4. The molecule has 1 saturated heterocycles. The smallest absolute Gasteiger partial charge is 0.332 e. The van der Waals surface area contributed by atoms with Crippen LogP contribution in [-0.4, -0.2) is 79.5 Å². The molecule has 0 saturated carbocycles. The van der Waals surface area contributed by atoms with E-state index in [4.69, 9.17) is 29.4 Å². The average Bonchev–Trinajstić information content (AvgIpc) is 3.28. The Morgan fingerprint density at radius 3 is 2.77 bits per heavy atom. The first-order valence-electron chi connectivity index (χ1n) is 8.26. The number of rotatable bonds is 12. The van der Waals surface area contributed by atoms with Crippen molar-refractivity contribution in [1.29, 1.82) is 0 Å². The van der Waals surface area contributed by atoms with Crippen LogP contribution in [0.1, 0.15) is 29.7 Å². The van der Waals surface area contributed by atoms with E-state index in [0.29, 0.717) is 39.3 Å². The van der Waals surface area contributed by atoms with Crippen molar-refractivity contribution in [2.24, 2.45) is 5.73 Å². The highest BCUT2D eigenvalue weighted by Crippen LogP contribution is 2.27. The van der Waals surface area contributed by atoms with Crippen LogP contribution in [0.2, 0.25) is 0 Å². The van der Waals surface area contributed by atoms with Crippen molar-refractivity contribution < 1.29 is 33.3 Å². The molecule has 2 rings (SSSR count). The van der Waals surface area contributed by atoms with E-state index in [-0.39, 0.29) is 31.4 Å². The molecule has 0 aromatic carbocycles. The van der Waals surface area contributed by atoms with Gasteiger partial charge in [-0.25, -0.2) is 14.5 Å². The van der Waals surface area contributed by atoms with E-state index in [1.54, 1.807) is 7.11 Å². The Labute approximate surface area is 150 Å². The maximum absolute atomic E-state index is 11.6. The van der Waals surface area contributed by atoms with E-state index in [2.05, 4.69) is 10.1 Å². The fraction of sp³-hybridized carbons (Fsp3) is 0.733. The molecule has 2 atom stereocenters. The predicted octanol–water partition coefficient (Wildman–Crippen LogP) is -0.723. The van der Waals surface area contributed by atoms with Gasteiger partial charge in [-0.05, 0) is 12.8 Å². The number of primary amides is 1. The van der Waals surface area contributed by atoms with Gasteiger partial charge in [-0.15, -0.1) is 5.10 Å². The number of hydrogen-bond acceptors (Lipinski definition) is 9. The second-order valence-corrected chi connectivity index (χ2v) is 5.54. The minimum Gasteiger partial charge on any atom is -0.461 e. The van der Waals surface area contributed by atoms with Crippen LogP contribution in [0.25, 0.3) is 0 Å². The number of carbonyl (C=O) groups excluding carboxylic acids is 2. The lowest BCUT2D eigenvalue weighted by Gasteiger charge is -2.14. The average molecular weight is 372 g/mol. The first kappa shape index (κ1) is 20.2. The molecule has 1 amide bonds. The minimum atomic E-state index is -0.698. The summed E-state index contributed by atoms with van der Waals surface area (Å²) >= 11 is 0. The maximum Gasteiger partial charge on any atom is 0.332 e. The molecule has 1 aliphatic rings. The van der Waals surface area contributed by atoms with Gasteiger partial charge in [0, 0.05) is 7.11 Å². The van der Waals surface area contributed by atoms with Gasteiger partial charge in [0.05, 0.1) is 32.5 Å². The third-order valence-electron chi connectivity index (χ3n) is 3.56. The molecule has 1 aliphatic heterocycles. The highest BCUT2D eigenvalue weighted by Gasteiger charge is 2.28. The van der Waals surface area contributed by atoms with Crippen LogP contribution in [0.4, 0.5) is 0 Å². The highest BCUT2D eigenvalue weighted by molar-refractivity contribution is 5.88. The summed E-state index contributed by atoms with van der Waals surface area (Å²) in [5, 5.41) is 3.96. The maximum atomic E-state index is 11.6. The Bertz CT molecular complexity index is 580. The van der Waals surface area contributed by atoms with Gasteiger partial charge < -0.3 is 29.4 Å². The number of esters is 1. The van der Waals surface area contributed by atoms with Crippen molar-refractivity contribution in [3.8, 4) is 0 Å². The summed E-state index contributed by atoms with van der Waals surface area (Å²) in [7, 11) is 1.59. The first-order valence-corrected chi connectivity index (χ1v) is 8.26. The molecule has 11 nitrogen and oxygen atoms in total. The Morgan fingerprint density at radius 1 is 1.27 bits per heavy atom. The van der Waals surface area contributed by atoms with Gasteiger partial charge in [0.1, 0.15) is 19.5 Å². The fourth-order valence-electron chi connectivity index (χ4n) is 2.28. The number of carbonyl (C=O) groups is 2. The second-order valence-electron chi connectivity index (χ2n) is 5.54. The van der Waals surface area contributed by atoms with Gasteiger partial charge in [-0.3, -0.25) is 4.79 Å². The standard InChI is InChI=1S/C15H24N4O7/c1-22-4-5-23-6-7-24-9-13(20)25-8-11-2-3-12(26-11)19-10-17-15(18-19)14(16)21/h10-12H,2-9H2,1H3,(H2,16,21)/t11-,12+/m0/s1. The van der Waals surface area contributed by atoms with Crippen molar-refractivity contribution in [2.45, 2.75) is 25.2 Å². The van der Waals surface area contributed by atoms with Gasteiger partial charge in [0.15, 0.2) is 6.23 Å². The van der Waals surface area contributed by atoms with Crippen LogP contribution in [0.3, 0.4) is 0 Å². The van der Waals surface area contributed by atoms with Crippen molar-refractivity contribution in [3.63, 3.8) is 0 Å². The molecule has 0 spiro atoms. The van der Waals surface area contributed by atoms with E-state index in [9.17, 15) is 9.59 Å². The van der Waals surface area contributed by atoms with Crippen LogP contribution in [0.5, 0.6) is 0 Å². The van der Waals surface area contributed by atoms with Crippen molar-refractivity contribution in [2.75, 3.05) is 46.8 Å². The van der Waals surface area contributed by atoms with Crippen LogP contribution >= 0.6 is 0 Å². The molecule has 2 heterocycles. The van der Waals surface area contributed by atoms with Crippen LogP contribution in [0.15, 0.2) is 6.33 Å². The molecule has 0 bridgehead atoms. The molecule has 146 valence electrons. The zero-order valence-corrected chi connectivity index (χ0v) is 14.7. The van der Waals surface area contributed by atoms with Crippen molar-refractivity contribution >= 4 is 11.9 Å². The lowest BCUT2D eigenvalue weighted by Crippen LogP contribution is -2.22. The lowest BCUT2D eigenvalue weighted by atomic mass is 10.2. The third-order valence-corrected chi connectivity index (χ3v) is 3.56. The molecule has 11 heteroatoms. The fourth-order valence-corrected chi connectivity index (χ4v) is 2.28. The summed E-state index contributed by atoms with van der Waals surface area (Å²) in [6.07, 6.45) is 2.14. The van der Waals surface area contributed by atoms with Gasteiger partial charge >= 0.3 is 5.97 Å². The Morgan fingerprint density at radius 2 is 2.04 bits per heavy atom. The molecular weight excluding hydrogens is 348 g/mol. The molecule has 26 heavy (non-hydrogen) atoms. The molecule has 0 unspecified atom stereocenters. The van der Waals surface area contributed by atoms with Crippen LogP contribution < -0.4 is 5.73 Å². The Hall–Kier alpha value is -2.08. The monoisotopic (exact) mass is 372 g/mol. The molecule has 1 aromatic rings. The highest BCUT2D eigenvalue weighted by atomic mass is 16.6. The summed E-state index contributed by atoms with van der Waals surface area (Å²) < 4.78 is 27.5. The zero-order chi connectivity index (χ0) is 18.8. The van der Waals surface area contributed by atoms with E-state index in [1.165, 1.54) is 11.0 Å². The summed E-state index contributed by atoms with van der Waals surface area (Å²) in [6, 6.07) is 0. The van der Waals surface area contributed by atoms with Crippen molar-refractivity contribution in [3.05, 3.63) is 12.2 Å². The van der Waals surface area contributed by atoms with E-state index < -0.39 is 11.9 Å². The van der Waals surface area contributed by atoms with E-state index in [1.807, 2.05) is 0 Å². The first-order chi connectivity index (χ1) is 12.6. The molecule has 1 aromatic heterocycles. The van der Waals surface area contributed by atoms with E-state index in [0.717, 1.165) is 0 Å². The molecule has 2 N–H and O–H groups in total. The number of hydrogen-bond donors (Lipinski definition) is 1. The van der Waals surface area contributed by atoms with Gasteiger partial charge in [0.25, 0.3) is 5.91 Å². The SMILES string of the molecule is COCCOCCOCC(=O)OC[C@@H]1CC[C@H](n2cnc(C(N)=O)n2)O1. The van der Waals surface area contributed by atoms with Gasteiger partial charge in [0.2, 0.25) is 5.82 Å². The number of nitrogens with zero attached hydrogens (tertiary/aromatic N) is 3. The summed E-state index contributed by atoms with van der Waals surface area (Å²) in [5.41, 5.74) is 5.11.